The predicted octanol–water partition coefficient (Wildman–Crippen LogP) is -0.772. The van der Waals surface area contributed by atoms with Crippen molar-refractivity contribution in [2.75, 3.05) is 14.1 Å². The van der Waals surface area contributed by atoms with Gasteiger partial charge in [-0.05, 0) is 0 Å². The summed E-state index contributed by atoms with van der Waals surface area (Å²) in [7, 11) is 2.85. The molecule has 1 N–H and O–H groups in total. The topological polar surface area (TPSA) is 73.2 Å². The molecule has 64 valence electrons. The van der Waals surface area contributed by atoms with Crippen LogP contribution in [0, 0.1) is 11.3 Å². The van der Waals surface area contributed by atoms with Gasteiger partial charge < -0.3 is 5.32 Å². The monoisotopic (exact) mass is 167 g/mol. The molecule has 0 rings (SSSR count). The smallest absolute Gasteiger partial charge is 0.272 e. The van der Waals surface area contributed by atoms with Crippen LogP contribution in [0.2, 0.25) is 0 Å². The van der Waals surface area contributed by atoms with Gasteiger partial charge in [0, 0.05) is 20.3 Å². The number of amides is 2. The summed E-state index contributed by atoms with van der Waals surface area (Å²) in [6, 6.07) is 1.67. The second kappa shape index (κ2) is 4.91. The van der Waals surface area contributed by atoms with E-state index in [-0.39, 0.29) is 5.57 Å². The molecule has 0 aliphatic rings. The van der Waals surface area contributed by atoms with E-state index in [1.54, 1.807) is 13.1 Å². The number of rotatable bonds is 3. The first-order valence-corrected chi connectivity index (χ1v) is 3.17. The molecule has 0 aromatic heterocycles. The molecule has 0 unspecified atom stereocenters. The van der Waals surface area contributed by atoms with Crippen LogP contribution in [-0.2, 0) is 9.59 Å². The number of hydrogen-bond donors (Lipinski definition) is 1. The Morgan fingerprint density at radius 3 is 2.58 bits per heavy atom. The van der Waals surface area contributed by atoms with Crippen LogP contribution in [0.15, 0.2) is 11.8 Å². The highest BCUT2D eigenvalue weighted by atomic mass is 16.2. The van der Waals surface area contributed by atoms with Gasteiger partial charge in [-0.2, -0.15) is 5.26 Å². The first kappa shape index (κ1) is 10.2. The van der Waals surface area contributed by atoms with E-state index < -0.39 is 5.91 Å². The van der Waals surface area contributed by atoms with Crippen LogP contribution in [0.3, 0.4) is 0 Å². The van der Waals surface area contributed by atoms with Crippen molar-refractivity contribution < 1.29 is 9.59 Å². The van der Waals surface area contributed by atoms with E-state index in [9.17, 15) is 9.59 Å². The Morgan fingerprint density at radius 1 is 1.67 bits per heavy atom. The Balaban J connectivity index is 4.56. The molecule has 0 fully saturated rings. The molecule has 0 aromatic rings. The van der Waals surface area contributed by atoms with Crippen molar-refractivity contribution in [2.24, 2.45) is 0 Å². The van der Waals surface area contributed by atoms with Crippen LogP contribution in [0.5, 0.6) is 0 Å². The van der Waals surface area contributed by atoms with Gasteiger partial charge in [0.2, 0.25) is 6.41 Å². The summed E-state index contributed by atoms with van der Waals surface area (Å²) in [5.41, 5.74) is -0.105. The predicted molar refractivity (Wildman–Crippen MR) is 41.6 cm³/mol. The summed E-state index contributed by atoms with van der Waals surface area (Å²) in [6.45, 7) is 0. The Morgan fingerprint density at radius 2 is 2.25 bits per heavy atom. The maximum absolute atomic E-state index is 11.1. The van der Waals surface area contributed by atoms with E-state index in [4.69, 9.17) is 5.26 Å². The molecule has 5 nitrogen and oxygen atoms in total. The number of nitrogens with zero attached hydrogens (tertiary/aromatic N) is 2. The number of likely N-dealkylation sites (N-methyl/N-ethyl adjacent to an activating group) is 1. The maximum Gasteiger partial charge on any atom is 0.272 e. The minimum absolute atomic E-state index is 0.105. The van der Waals surface area contributed by atoms with Crippen molar-refractivity contribution >= 4 is 12.3 Å². The van der Waals surface area contributed by atoms with Gasteiger partial charge in [0.1, 0.15) is 11.6 Å². The lowest BCUT2D eigenvalue weighted by molar-refractivity contribution is -0.133. The van der Waals surface area contributed by atoms with Crippen molar-refractivity contribution in [3.05, 3.63) is 11.8 Å². The van der Waals surface area contributed by atoms with Crippen LogP contribution >= 0.6 is 0 Å². The number of nitriles is 1. The van der Waals surface area contributed by atoms with Crippen molar-refractivity contribution in [1.29, 1.82) is 5.26 Å². The highest BCUT2D eigenvalue weighted by Gasteiger charge is 2.12. The molecule has 0 saturated carbocycles. The summed E-state index contributed by atoms with van der Waals surface area (Å²) in [4.78, 5) is 22.0. The Kier molecular flexibility index (Phi) is 4.16. The number of nitrogens with one attached hydrogen (secondary N) is 1. The normalized spacial score (nSPS) is 9.92. The van der Waals surface area contributed by atoms with Crippen molar-refractivity contribution in [3.8, 4) is 6.07 Å². The van der Waals surface area contributed by atoms with Crippen LogP contribution in [0.4, 0.5) is 0 Å². The molecule has 0 atom stereocenters. The fourth-order valence-corrected chi connectivity index (χ4v) is 0.524. The first-order chi connectivity index (χ1) is 5.67. The number of carbonyl (C=O) groups excluding carboxylic acids is 2. The highest BCUT2D eigenvalue weighted by molar-refractivity contribution is 6.01. The van der Waals surface area contributed by atoms with E-state index in [2.05, 4.69) is 5.32 Å². The van der Waals surface area contributed by atoms with E-state index in [1.807, 2.05) is 0 Å². The van der Waals surface area contributed by atoms with Crippen LogP contribution in [0.25, 0.3) is 0 Å². The lowest BCUT2D eigenvalue weighted by Gasteiger charge is -2.06. The Hall–Kier alpha value is -1.83. The van der Waals surface area contributed by atoms with Crippen LogP contribution in [0.1, 0.15) is 0 Å². The summed E-state index contributed by atoms with van der Waals surface area (Å²) in [5, 5.41) is 11.0. The summed E-state index contributed by atoms with van der Waals surface area (Å²) < 4.78 is 0. The van der Waals surface area contributed by atoms with E-state index in [1.165, 1.54) is 13.2 Å². The van der Waals surface area contributed by atoms with E-state index in [0.717, 1.165) is 4.90 Å². The number of carbonyl (C=O) groups is 2. The largest absolute Gasteiger partial charge is 0.393 e. The van der Waals surface area contributed by atoms with Gasteiger partial charge in [-0.25, -0.2) is 0 Å². The quantitative estimate of drug-likeness (QED) is 0.340. The maximum atomic E-state index is 11.1. The van der Waals surface area contributed by atoms with Crippen LogP contribution in [-0.4, -0.2) is 31.3 Å². The zero-order valence-electron chi connectivity index (χ0n) is 6.87. The third kappa shape index (κ3) is 2.42. The molecule has 0 aromatic carbocycles. The lowest BCUT2D eigenvalue weighted by atomic mass is 10.3. The van der Waals surface area contributed by atoms with Gasteiger partial charge in [-0.3, -0.25) is 14.5 Å². The fraction of sp³-hybridized carbons (Fsp3) is 0.286. The molecule has 0 aliphatic heterocycles. The minimum atomic E-state index is -0.623. The number of imide groups is 1. The van der Waals surface area contributed by atoms with Gasteiger partial charge in [-0.15, -0.1) is 0 Å². The molecule has 0 heterocycles. The van der Waals surface area contributed by atoms with E-state index >= 15 is 0 Å². The standard InChI is InChI=1S/C7H9N3O2/c1-9-4-6(3-8)7(12)10(2)5-11/h4-5,9H,1-2H3/b6-4-. The first-order valence-electron chi connectivity index (χ1n) is 3.17. The van der Waals surface area contributed by atoms with E-state index in [0.29, 0.717) is 6.41 Å². The molecule has 0 radical (unpaired) electrons. The molecular weight excluding hydrogens is 158 g/mol. The molecule has 0 spiro atoms. The zero-order valence-corrected chi connectivity index (χ0v) is 6.87. The van der Waals surface area contributed by atoms with Crippen molar-refractivity contribution in [1.82, 2.24) is 10.2 Å². The molecule has 5 heteroatoms. The molecule has 0 saturated heterocycles. The van der Waals surface area contributed by atoms with Crippen molar-refractivity contribution in [2.45, 2.75) is 0 Å². The average molecular weight is 167 g/mol. The molecule has 0 bridgehead atoms. The summed E-state index contributed by atoms with van der Waals surface area (Å²) in [6.07, 6.45) is 1.59. The van der Waals surface area contributed by atoms with Crippen LogP contribution < -0.4 is 5.32 Å². The summed E-state index contributed by atoms with van der Waals surface area (Å²) in [5.74, 6) is -0.623. The van der Waals surface area contributed by atoms with Gasteiger partial charge in [0.15, 0.2) is 0 Å². The SMILES string of the molecule is CN/C=C(/C#N)C(=O)N(C)C=O. The molecule has 0 aliphatic carbocycles. The second-order valence-electron chi connectivity index (χ2n) is 1.98. The highest BCUT2D eigenvalue weighted by Crippen LogP contribution is 1.94. The second-order valence-corrected chi connectivity index (χ2v) is 1.98. The lowest BCUT2D eigenvalue weighted by Crippen LogP contribution is -2.26. The molecular formula is C7H9N3O2. The third-order valence-electron chi connectivity index (χ3n) is 1.12. The van der Waals surface area contributed by atoms with Crippen molar-refractivity contribution in [3.63, 3.8) is 0 Å². The fourth-order valence-electron chi connectivity index (χ4n) is 0.524. The number of hydrogen-bond acceptors (Lipinski definition) is 4. The average Bonchev–Trinajstić information content (AvgIpc) is 2.11. The van der Waals surface area contributed by atoms with Gasteiger partial charge >= 0.3 is 0 Å². The minimum Gasteiger partial charge on any atom is -0.393 e. The third-order valence-corrected chi connectivity index (χ3v) is 1.12. The van der Waals surface area contributed by atoms with Gasteiger partial charge in [0.05, 0.1) is 0 Å². The van der Waals surface area contributed by atoms with Gasteiger partial charge in [-0.1, -0.05) is 0 Å². The zero-order chi connectivity index (χ0) is 9.56. The van der Waals surface area contributed by atoms with Gasteiger partial charge in [0.25, 0.3) is 5.91 Å². The molecule has 12 heavy (non-hydrogen) atoms. The Labute approximate surface area is 70.3 Å². The Bertz CT molecular complexity index is 252. The molecule has 2 amide bonds. The summed E-state index contributed by atoms with van der Waals surface area (Å²) >= 11 is 0.